The Balaban J connectivity index is 1.86. The fraction of sp³-hybridized carbons (Fsp3) is 0.417. The Morgan fingerprint density at radius 3 is 2.47 bits per heavy atom. The van der Waals surface area contributed by atoms with Crippen LogP contribution >= 0.6 is 0 Å². The minimum absolute atomic E-state index is 0.0408. The average molecular weight is 235 g/mol. The summed E-state index contributed by atoms with van der Waals surface area (Å²) in [5, 5.41) is 10.4. The van der Waals surface area contributed by atoms with Gasteiger partial charge in [-0.05, 0) is 30.5 Å². The zero-order chi connectivity index (χ0) is 12.3. The predicted octanol–water partition coefficient (Wildman–Crippen LogP) is 2.44. The van der Waals surface area contributed by atoms with E-state index in [1.165, 1.54) is 12.1 Å². The Hall–Kier alpha value is -1.91. The first-order valence-corrected chi connectivity index (χ1v) is 5.57. The molecule has 0 aliphatic heterocycles. The summed E-state index contributed by atoms with van der Waals surface area (Å²) in [5.41, 5.74) is 0.808. The van der Waals surface area contributed by atoms with Gasteiger partial charge in [-0.3, -0.25) is 14.9 Å². The number of nitrogens with zero attached hydrogens (tertiary/aromatic N) is 1. The van der Waals surface area contributed by atoms with Crippen LogP contribution in [0.25, 0.3) is 0 Å². The summed E-state index contributed by atoms with van der Waals surface area (Å²) < 4.78 is 5.12. The second-order valence-corrected chi connectivity index (χ2v) is 4.16. The lowest BCUT2D eigenvalue weighted by atomic mass is 9.86. The van der Waals surface area contributed by atoms with E-state index in [0.29, 0.717) is 0 Å². The van der Waals surface area contributed by atoms with E-state index in [0.717, 1.165) is 24.8 Å². The van der Waals surface area contributed by atoms with E-state index in [4.69, 9.17) is 4.74 Å². The number of rotatable bonds is 4. The minimum Gasteiger partial charge on any atom is -0.461 e. The van der Waals surface area contributed by atoms with E-state index in [9.17, 15) is 14.9 Å². The molecule has 0 unspecified atom stereocenters. The molecule has 0 radical (unpaired) electrons. The van der Waals surface area contributed by atoms with Crippen molar-refractivity contribution in [1.82, 2.24) is 0 Å². The highest BCUT2D eigenvalue weighted by atomic mass is 16.6. The number of hydrogen-bond acceptors (Lipinski definition) is 4. The molecule has 0 atom stereocenters. The first-order valence-electron chi connectivity index (χ1n) is 5.57. The number of carbonyl (C=O) groups is 1. The molecule has 17 heavy (non-hydrogen) atoms. The SMILES string of the molecule is O=C(OCc1ccc([N+](=O)[O-])cc1)C1CCC1. The van der Waals surface area contributed by atoms with Crippen LogP contribution in [0.3, 0.4) is 0 Å². The molecule has 5 heteroatoms. The number of nitro groups is 1. The smallest absolute Gasteiger partial charge is 0.309 e. The summed E-state index contributed by atoms with van der Waals surface area (Å²) in [6, 6.07) is 6.03. The van der Waals surface area contributed by atoms with Crippen molar-refractivity contribution in [2.75, 3.05) is 0 Å². The van der Waals surface area contributed by atoms with Crippen LogP contribution in [0.15, 0.2) is 24.3 Å². The number of nitro benzene ring substituents is 1. The molecule has 0 bridgehead atoms. The van der Waals surface area contributed by atoms with Gasteiger partial charge in [-0.25, -0.2) is 0 Å². The Bertz CT molecular complexity index is 423. The van der Waals surface area contributed by atoms with Crippen LogP contribution in [-0.2, 0) is 16.1 Å². The molecule has 0 spiro atoms. The first-order chi connectivity index (χ1) is 8.16. The molecule has 1 aromatic rings. The largest absolute Gasteiger partial charge is 0.461 e. The number of hydrogen-bond donors (Lipinski definition) is 0. The van der Waals surface area contributed by atoms with Crippen LogP contribution in [0, 0.1) is 16.0 Å². The van der Waals surface area contributed by atoms with Crippen LogP contribution in [-0.4, -0.2) is 10.9 Å². The molecule has 0 saturated heterocycles. The molecule has 1 saturated carbocycles. The van der Waals surface area contributed by atoms with Crippen molar-refractivity contribution >= 4 is 11.7 Å². The van der Waals surface area contributed by atoms with Crippen molar-refractivity contribution < 1.29 is 14.5 Å². The van der Waals surface area contributed by atoms with Gasteiger partial charge >= 0.3 is 5.97 Å². The van der Waals surface area contributed by atoms with E-state index in [-0.39, 0.29) is 24.2 Å². The van der Waals surface area contributed by atoms with Gasteiger partial charge in [-0.1, -0.05) is 6.42 Å². The van der Waals surface area contributed by atoms with Crippen LogP contribution in [0.4, 0.5) is 5.69 Å². The van der Waals surface area contributed by atoms with Gasteiger partial charge < -0.3 is 4.74 Å². The fourth-order valence-corrected chi connectivity index (χ4v) is 1.63. The third-order valence-electron chi connectivity index (χ3n) is 2.97. The minimum atomic E-state index is -0.454. The molecule has 5 nitrogen and oxygen atoms in total. The quantitative estimate of drug-likeness (QED) is 0.456. The van der Waals surface area contributed by atoms with E-state index < -0.39 is 4.92 Å². The summed E-state index contributed by atoms with van der Waals surface area (Å²) in [6.45, 7) is 0.188. The van der Waals surface area contributed by atoms with Crippen molar-refractivity contribution in [2.24, 2.45) is 5.92 Å². The lowest BCUT2D eigenvalue weighted by Gasteiger charge is -2.23. The molecular formula is C12H13NO4. The molecule has 1 aliphatic carbocycles. The molecule has 1 aliphatic rings. The van der Waals surface area contributed by atoms with Crippen LogP contribution in [0.2, 0.25) is 0 Å². The maximum absolute atomic E-state index is 11.4. The topological polar surface area (TPSA) is 69.4 Å². The van der Waals surface area contributed by atoms with Crippen LogP contribution < -0.4 is 0 Å². The highest BCUT2D eigenvalue weighted by Gasteiger charge is 2.26. The van der Waals surface area contributed by atoms with Gasteiger partial charge in [0.2, 0.25) is 0 Å². The second kappa shape index (κ2) is 4.95. The highest BCUT2D eigenvalue weighted by Crippen LogP contribution is 2.27. The molecule has 1 fully saturated rings. The number of ether oxygens (including phenoxy) is 1. The zero-order valence-corrected chi connectivity index (χ0v) is 9.30. The van der Waals surface area contributed by atoms with Gasteiger partial charge in [0.1, 0.15) is 6.61 Å². The monoisotopic (exact) mass is 235 g/mol. The summed E-state index contributed by atoms with van der Waals surface area (Å²) in [5.74, 6) is -0.0948. The highest BCUT2D eigenvalue weighted by molar-refractivity contribution is 5.73. The van der Waals surface area contributed by atoms with Crippen LogP contribution in [0.5, 0.6) is 0 Å². The Labute approximate surface area is 98.5 Å². The van der Waals surface area contributed by atoms with E-state index in [2.05, 4.69) is 0 Å². The molecule has 2 rings (SSSR count). The molecule has 90 valence electrons. The third-order valence-corrected chi connectivity index (χ3v) is 2.97. The lowest BCUT2D eigenvalue weighted by molar-refractivity contribution is -0.384. The van der Waals surface area contributed by atoms with Crippen molar-refractivity contribution in [1.29, 1.82) is 0 Å². The summed E-state index contributed by atoms with van der Waals surface area (Å²) in [6.07, 6.45) is 2.93. The molecule has 1 aromatic carbocycles. The van der Waals surface area contributed by atoms with E-state index in [1.54, 1.807) is 12.1 Å². The first kappa shape index (κ1) is 11.6. The average Bonchev–Trinajstić information content (AvgIpc) is 2.24. The standard InChI is InChI=1S/C12H13NO4/c14-12(10-2-1-3-10)17-8-9-4-6-11(7-5-9)13(15)16/h4-7,10H,1-3,8H2. The summed E-state index contributed by atoms with van der Waals surface area (Å²) >= 11 is 0. The van der Waals surface area contributed by atoms with Crippen molar-refractivity contribution in [3.63, 3.8) is 0 Å². The Morgan fingerprint density at radius 1 is 1.35 bits per heavy atom. The van der Waals surface area contributed by atoms with Crippen molar-refractivity contribution in [2.45, 2.75) is 25.9 Å². The van der Waals surface area contributed by atoms with Gasteiger partial charge in [0.05, 0.1) is 10.8 Å². The van der Waals surface area contributed by atoms with E-state index in [1.807, 2.05) is 0 Å². The van der Waals surface area contributed by atoms with Crippen molar-refractivity contribution in [3.8, 4) is 0 Å². The Morgan fingerprint density at radius 2 is 2.00 bits per heavy atom. The zero-order valence-electron chi connectivity index (χ0n) is 9.30. The number of non-ortho nitro benzene ring substituents is 1. The van der Waals surface area contributed by atoms with Gasteiger partial charge in [0.15, 0.2) is 0 Å². The predicted molar refractivity (Wildman–Crippen MR) is 60.2 cm³/mol. The van der Waals surface area contributed by atoms with Crippen molar-refractivity contribution in [3.05, 3.63) is 39.9 Å². The lowest BCUT2D eigenvalue weighted by Crippen LogP contribution is -2.23. The third kappa shape index (κ3) is 2.81. The van der Waals surface area contributed by atoms with Gasteiger partial charge in [0, 0.05) is 12.1 Å². The number of benzene rings is 1. The molecule has 0 aromatic heterocycles. The number of carbonyl (C=O) groups excluding carboxylic acids is 1. The summed E-state index contributed by atoms with van der Waals surface area (Å²) in [7, 11) is 0. The molecule has 0 heterocycles. The van der Waals surface area contributed by atoms with E-state index >= 15 is 0 Å². The van der Waals surface area contributed by atoms with Gasteiger partial charge in [-0.15, -0.1) is 0 Å². The maximum atomic E-state index is 11.4. The van der Waals surface area contributed by atoms with Gasteiger partial charge in [0.25, 0.3) is 5.69 Å². The molecular weight excluding hydrogens is 222 g/mol. The number of esters is 1. The van der Waals surface area contributed by atoms with Crippen LogP contribution in [0.1, 0.15) is 24.8 Å². The Kier molecular flexibility index (Phi) is 3.37. The molecule has 0 N–H and O–H groups in total. The fourth-order valence-electron chi connectivity index (χ4n) is 1.63. The maximum Gasteiger partial charge on any atom is 0.309 e. The normalized spacial score (nSPS) is 15.1. The molecule has 0 amide bonds. The second-order valence-electron chi connectivity index (χ2n) is 4.16. The van der Waals surface area contributed by atoms with Gasteiger partial charge in [-0.2, -0.15) is 0 Å². The summed E-state index contributed by atoms with van der Waals surface area (Å²) in [4.78, 5) is 21.4.